The fourth-order valence-corrected chi connectivity index (χ4v) is 6.01. The SMILES string of the molecule is C=C(C)C(=O)OCCCCCCCC(C)C.C=C(C)C(=O)OCCCCCCCCCC.C=C(CC)C(=O)OCCCCCC.C=C(CCCCCCCCCCCC)C(=O)OC. The highest BCUT2D eigenvalue weighted by Crippen LogP contribution is 2.14. The first-order valence-electron chi connectivity index (χ1n) is 25.4. The smallest absolute Gasteiger partial charge is 0.333 e. The summed E-state index contributed by atoms with van der Waals surface area (Å²) in [6.07, 6.45) is 36.5. The van der Waals surface area contributed by atoms with Crippen LogP contribution in [0.4, 0.5) is 0 Å². The molecule has 0 saturated heterocycles. The van der Waals surface area contributed by atoms with Crippen LogP contribution in [0.1, 0.15) is 248 Å². The Morgan fingerprint density at radius 2 is 0.698 bits per heavy atom. The molecule has 370 valence electrons. The average Bonchev–Trinajstić information content (AvgIpc) is 3.26. The molecule has 0 aromatic carbocycles. The Labute approximate surface area is 390 Å². The van der Waals surface area contributed by atoms with Gasteiger partial charge in [-0.25, -0.2) is 19.2 Å². The Balaban J connectivity index is -0.000000371. The lowest BCUT2D eigenvalue weighted by Gasteiger charge is -2.05. The monoisotopic (exact) mass is 891 g/mol. The summed E-state index contributed by atoms with van der Waals surface area (Å²) in [6.45, 7) is 32.5. The molecule has 0 aromatic rings. The molecule has 0 atom stereocenters. The second-order valence-electron chi connectivity index (χ2n) is 17.4. The molecule has 0 radical (unpaired) electrons. The predicted molar refractivity (Wildman–Crippen MR) is 269 cm³/mol. The Morgan fingerprint density at radius 3 is 1.02 bits per heavy atom. The molecule has 0 N–H and O–H groups in total. The third-order valence-corrected chi connectivity index (χ3v) is 10.3. The lowest BCUT2D eigenvalue weighted by atomic mass is 10.0. The minimum Gasteiger partial charge on any atom is -0.466 e. The molecule has 0 aliphatic rings. The van der Waals surface area contributed by atoms with E-state index in [0.717, 1.165) is 57.3 Å². The maximum atomic E-state index is 11.1. The molecule has 0 spiro atoms. The largest absolute Gasteiger partial charge is 0.466 e. The van der Waals surface area contributed by atoms with Gasteiger partial charge < -0.3 is 18.9 Å². The van der Waals surface area contributed by atoms with Gasteiger partial charge in [-0.15, -0.1) is 0 Å². The molecule has 0 aliphatic carbocycles. The van der Waals surface area contributed by atoms with Crippen LogP contribution in [0.2, 0.25) is 0 Å². The van der Waals surface area contributed by atoms with Gasteiger partial charge in [0.1, 0.15) is 0 Å². The number of methoxy groups -OCH3 is 1. The molecule has 0 aliphatic heterocycles. The van der Waals surface area contributed by atoms with Crippen LogP contribution in [0.15, 0.2) is 48.6 Å². The zero-order valence-corrected chi connectivity index (χ0v) is 43.0. The maximum Gasteiger partial charge on any atom is 0.333 e. The average molecular weight is 891 g/mol. The van der Waals surface area contributed by atoms with Gasteiger partial charge in [0.05, 0.1) is 26.9 Å². The molecular formula is C55H102O8. The van der Waals surface area contributed by atoms with Crippen molar-refractivity contribution >= 4 is 23.9 Å². The second-order valence-corrected chi connectivity index (χ2v) is 17.4. The number of rotatable bonds is 38. The van der Waals surface area contributed by atoms with Crippen LogP contribution in [0.5, 0.6) is 0 Å². The van der Waals surface area contributed by atoms with Gasteiger partial charge >= 0.3 is 23.9 Å². The van der Waals surface area contributed by atoms with E-state index in [1.807, 2.05) is 6.92 Å². The van der Waals surface area contributed by atoms with Gasteiger partial charge in [0.25, 0.3) is 0 Å². The summed E-state index contributed by atoms with van der Waals surface area (Å²) in [5.41, 5.74) is 2.14. The summed E-state index contributed by atoms with van der Waals surface area (Å²) in [7, 11) is 1.41. The van der Waals surface area contributed by atoms with Crippen LogP contribution in [0.25, 0.3) is 0 Å². The normalized spacial score (nSPS) is 10.2. The van der Waals surface area contributed by atoms with Crippen molar-refractivity contribution in [2.75, 3.05) is 26.9 Å². The Morgan fingerprint density at radius 1 is 0.397 bits per heavy atom. The standard InChI is InChI=1S/C16H30O2.2C14H26O2.C11H20O2/c1-4-5-6-7-8-9-10-11-12-13-14-15(2)16(17)18-3;1-12(2)10-8-6-5-7-9-11-16-14(15)13(3)4;1-4-5-6-7-8-9-10-11-12-16-14(15)13(2)3;1-4-6-7-8-9-13-11(12)10(3)5-2/h2,4-14H2,1,3H3;12H,3,5-11H2,1-2,4H3;2,4-12H2,1,3H3;3-9H2,1-2H3. The number of hydrogen-bond donors (Lipinski definition) is 0. The highest BCUT2D eigenvalue weighted by Gasteiger charge is 2.07. The van der Waals surface area contributed by atoms with Crippen molar-refractivity contribution in [3.63, 3.8) is 0 Å². The molecule has 63 heavy (non-hydrogen) atoms. The highest BCUT2D eigenvalue weighted by atomic mass is 16.5. The minimum atomic E-state index is -0.264. The lowest BCUT2D eigenvalue weighted by Crippen LogP contribution is -2.07. The molecule has 8 nitrogen and oxygen atoms in total. The van der Waals surface area contributed by atoms with Gasteiger partial charge in [-0.1, -0.05) is 222 Å². The van der Waals surface area contributed by atoms with E-state index < -0.39 is 0 Å². The third-order valence-electron chi connectivity index (χ3n) is 10.3. The quantitative estimate of drug-likeness (QED) is 0.0261. The van der Waals surface area contributed by atoms with E-state index in [0.29, 0.717) is 48.5 Å². The molecular weight excluding hydrogens is 789 g/mol. The van der Waals surface area contributed by atoms with Crippen LogP contribution < -0.4 is 0 Å². The van der Waals surface area contributed by atoms with Crippen molar-refractivity contribution in [1.29, 1.82) is 0 Å². The van der Waals surface area contributed by atoms with Crippen LogP contribution in [-0.2, 0) is 38.1 Å². The first kappa shape index (κ1) is 66.4. The van der Waals surface area contributed by atoms with Crippen LogP contribution in [0, 0.1) is 5.92 Å². The van der Waals surface area contributed by atoms with Gasteiger partial charge in [-0.05, 0) is 58.3 Å². The van der Waals surface area contributed by atoms with E-state index in [2.05, 4.69) is 65.7 Å². The van der Waals surface area contributed by atoms with Gasteiger partial charge in [0.15, 0.2) is 0 Å². The van der Waals surface area contributed by atoms with E-state index >= 15 is 0 Å². The molecule has 0 fully saturated rings. The molecule has 0 bridgehead atoms. The van der Waals surface area contributed by atoms with E-state index in [-0.39, 0.29) is 23.9 Å². The zero-order valence-electron chi connectivity index (χ0n) is 43.0. The van der Waals surface area contributed by atoms with Gasteiger partial charge in [-0.2, -0.15) is 0 Å². The first-order valence-corrected chi connectivity index (χ1v) is 25.4. The summed E-state index contributed by atoms with van der Waals surface area (Å²) in [4.78, 5) is 44.2. The highest BCUT2D eigenvalue weighted by molar-refractivity contribution is 5.88. The van der Waals surface area contributed by atoms with Gasteiger partial charge in [0, 0.05) is 22.3 Å². The molecule has 0 amide bonds. The van der Waals surface area contributed by atoms with Crippen molar-refractivity contribution in [1.82, 2.24) is 0 Å². The predicted octanol–water partition coefficient (Wildman–Crippen LogP) is 16.5. The van der Waals surface area contributed by atoms with E-state index in [1.165, 1.54) is 142 Å². The number of esters is 4. The summed E-state index contributed by atoms with van der Waals surface area (Å²) < 4.78 is 19.6. The van der Waals surface area contributed by atoms with Gasteiger partial charge in [-0.3, -0.25) is 0 Å². The van der Waals surface area contributed by atoms with E-state index in [9.17, 15) is 19.2 Å². The summed E-state index contributed by atoms with van der Waals surface area (Å²) in [6, 6.07) is 0. The first-order chi connectivity index (χ1) is 30.2. The topological polar surface area (TPSA) is 105 Å². The van der Waals surface area contributed by atoms with Crippen molar-refractivity contribution in [3.8, 4) is 0 Å². The Kier molecular flexibility index (Phi) is 56.1. The number of hydrogen-bond acceptors (Lipinski definition) is 8. The molecule has 0 aromatic heterocycles. The Hall–Kier alpha value is -3.16. The van der Waals surface area contributed by atoms with Crippen molar-refractivity contribution in [2.45, 2.75) is 248 Å². The molecule has 0 saturated carbocycles. The zero-order chi connectivity index (χ0) is 48.4. The molecule has 0 heterocycles. The lowest BCUT2D eigenvalue weighted by molar-refractivity contribution is -0.140. The van der Waals surface area contributed by atoms with Crippen molar-refractivity contribution < 1.29 is 38.1 Å². The van der Waals surface area contributed by atoms with E-state index in [1.54, 1.807) is 13.8 Å². The number of ether oxygens (including phenoxy) is 4. The molecule has 0 unspecified atom stereocenters. The van der Waals surface area contributed by atoms with Crippen LogP contribution >= 0.6 is 0 Å². The number of carbonyl (C=O) groups excluding carboxylic acids is 4. The summed E-state index contributed by atoms with van der Waals surface area (Å²) in [5, 5.41) is 0. The fourth-order valence-electron chi connectivity index (χ4n) is 6.01. The van der Waals surface area contributed by atoms with Crippen LogP contribution in [0.3, 0.4) is 0 Å². The minimum absolute atomic E-state index is 0.237. The van der Waals surface area contributed by atoms with Crippen LogP contribution in [-0.4, -0.2) is 50.8 Å². The van der Waals surface area contributed by atoms with Gasteiger partial charge in [0.2, 0.25) is 0 Å². The number of unbranched alkanes of at least 4 members (excludes halogenated alkanes) is 23. The number of carbonyl (C=O) groups is 4. The maximum absolute atomic E-state index is 11.1. The van der Waals surface area contributed by atoms with Crippen molar-refractivity contribution in [3.05, 3.63) is 48.6 Å². The molecule has 8 heteroatoms. The second kappa shape index (κ2) is 53.2. The third kappa shape index (κ3) is 56.8. The molecule has 0 rings (SSSR count). The summed E-state index contributed by atoms with van der Waals surface area (Å²) in [5.74, 6) is -0.204. The van der Waals surface area contributed by atoms with Crippen molar-refractivity contribution in [2.24, 2.45) is 5.92 Å². The van der Waals surface area contributed by atoms with E-state index in [4.69, 9.17) is 14.2 Å². The fraction of sp³-hybridized carbons (Fsp3) is 0.782. The Bertz CT molecular complexity index is 1140. The summed E-state index contributed by atoms with van der Waals surface area (Å²) >= 11 is 0.